The monoisotopic (exact) mass is 290 g/mol. The summed E-state index contributed by atoms with van der Waals surface area (Å²) in [6.07, 6.45) is 11.8. The number of hydrogen-bond acceptors (Lipinski definition) is 0. The fourth-order valence-corrected chi connectivity index (χ4v) is 5.05. The summed E-state index contributed by atoms with van der Waals surface area (Å²) in [6, 6.07) is 0. The molecule has 78 valence electrons. The van der Waals surface area contributed by atoms with Gasteiger partial charge in [-0.2, -0.15) is 0 Å². The van der Waals surface area contributed by atoms with Crippen molar-refractivity contribution in [1.82, 2.24) is 0 Å². The van der Waals surface area contributed by atoms with E-state index in [1.54, 1.807) is 21.7 Å². The zero-order valence-corrected chi connectivity index (χ0v) is 12.4. The summed E-state index contributed by atoms with van der Waals surface area (Å²) in [5.74, 6) is 0. The molecule has 0 aromatic heterocycles. The molecule has 0 N–H and O–H groups in total. The molecule has 0 nitrogen and oxygen atoms in total. The molecule has 0 rings (SSSR count). The standard InChI is InChI=1S/2C6H13.Sn/c2*1-3-5-6-4-2;/h2*1,3-6H2,2H3;. The first kappa shape index (κ1) is 13.8. The predicted octanol–water partition coefficient (Wildman–Crippen LogP) is 4.69. The maximum absolute atomic E-state index is 2.30. The Morgan fingerprint density at radius 3 is 1.46 bits per heavy atom. The molecule has 0 aromatic carbocycles. The molecule has 0 aliphatic carbocycles. The molecule has 1 heteroatoms. The van der Waals surface area contributed by atoms with Gasteiger partial charge >= 0.3 is 95.2 Å². The van der Waals surface area contributed by atoms with Crippen molar-refractivity contribution >= 4 is 21.1 Å². The number of unbranched alkanes of at least 4 members (excludes halogenated alkanes) is 6. The Hall–Kier alpha value is 0.799. The van der Waals surface area contributed by atoms with Gasteiger partial charge in [0.2, 0.25) is 0 Å². The molecule has 0 fully saturated rings. The van der Waals surface area contributed by atoms with Crippen LogP contribution in [0.2, 0.25) is 8.87 Å². The SMILES string of the molecule is CCCCC[CH2][Sn][CH2]CCCCC. The third kappa shape index (κ3) is 12.8. The molecule has 0 heterocycles. The molecule has 13 heavy (non-hydrogen) atoms. The van der Waals surface area contributed by atoms with Gasteiger partial charge in [0, 0.05) is 0 Å². The topological polar surface area (TPSA) is 0 Å². The summed E-state index contributed by atoms with van der Waals surface area (Å²) < 4.78 is 3.30. The third-order valence-electron chi connectivity index (χ3n) is 2.41. The first-order valence-electron chi connectivity index (χ1n) is 6.12. The van der Waals surface area contributed by atoms with Gasteiger partial charge in [0.1, 0.15) is 0 Å². The predicted molar refractivity (Wildman–Crippen MR) is 63.7 cm³/mol. The van der Waals surface area contributed by atoms with E-state index < -0.39 is 0 Å². The van der Waals surface area contributed by atoms with Crippen molar-refractivity contribution in [2.75, 3.05) is 0 Å². The molecule has 0 unspecified atom stereocenters. The summed E-state index contributed by atoms with van der Waals surface area (Å²) in [6.45, 7) is 4.59. The maximum atomic E-state index is 2.30. The van der Waals surface area contributed by atoms with E-state index in [-0.39, 0.29) is 21.1 Å². The van der Waals surface area contributed by atoms with Crippen molar-refractivity contribution in [2.24, 2.45) is 0 Å². The first-order valence-corrected chi connectivity index (χ1v) is 10.2. The summed E-state index contributed by atoms with van der Waals surface area (Å²) in [4.78, 5) is 0. The Balaban J connectivity index is 2.76. The van der Waals surface area contributed by atoms with Crippen LogP contribution in [0.1, 0.15) is 65.2 Å². The second-order valence-corrected chi connectivity index (χ2v) is 8.15. The molecular weight excluding hydrogens is 263 g/mol. The Labute approximate surface area is 95.1 Å². The van der Waals surface area contributed by atoms with Crippen molar-refractivity contribution in [2.45, 2.75) is 74.1 Å². The molecular formula is C12H26Sn. The van der Waals surface area contributed by atoms with Gasteiger partial charge < -0.3 is 0 Å². The van der Waals surface area contributed by atoms with E-state index in [0.29, 0.717) is 0 Å². The molecule has 0 aromatic rings. The van der Waals surface area contributed by atoms with Gasteiger partial charge in [-0.1, -0.05) is 0 Å². The Morgan fingerprint density at radius 2 is 1.08 bits per heavy atom. The zero-order valence-electron chi connectivity index (χ0n) is 9.57. The van der Waals surface area contributed by atoms with E-state index in [2.05, 4.69) is 13.8 Å². The van der Waals surface area contributed by atoms with Crippen molar-refractivity contribution in [3.63, 3.8) is 0 Å². The van der Waals surface area contributed by atoms with Crippen molar-refractivity contribution in [3.05, 3.63) is 0 Å². The van der Waals surface area contributed by atoms with Crippen LogP contribution in [0.15, 0.2) is 0 Å². The fraction of sp³-hybridized carbons (Fsp3) is 1.00. The van der Waals surface area contributed by atoms with Crippen LogP contribution in [0.25, 0.3) is 0 Å². The third-order valence-corrected chi connectivity index (χ3v) is 6.45. The Bertz CT molecular complexity index is 71.2. The van der Waals surface area contributed by atoms with Crippen molar-refractivity contribution < 1.29 is 0 Å². The van der Waals surface area contributed by atoms with Crippen LogP contribution < -0.4 is 0 Å². The average molecular weight is 289 g/mol. The van der Waals surface area contributed by atoms with E-state index >= 15 is 0 Å². The number of rotatable bonds is 10. The van der Waals surface area contributed by atoms with E-state index in [1.165, 1.54) is 38.5 Å². The molecule has 0 saturated heterocycles. The van der Waals surface area contributed by atoms with Crippen molar-refractivity contribution in [1.29, 1.82) is 0 Å². The second-order valence-electron chi connectivity index (χ2n) is 3.87. The van der Waals surface area contributed by atoms with Crippen LogP contribution >= 0.6 is 0 Å². The summed E-state index contributed by atoms with van der Waals surface area (Å²) >= 11 is 0.104. The van der Waals surface area contributed by atoms with Gasteiger partial charge in [-0.3, -0.25) is 0 Å². The van der Waals surface area contributed by atoms with Gasteiger partial charge in [-0.05, 0) is 0 Å². The minimum absolute atomic E-state index is 0.104. The number of hydrogen-bond donors (Lipinski definition) is 0. The average Bonchev–Trinajstić information content (AvgIpc) is 2.16. The van der Waals surface area contributed by atoms with Gasteiger partial charge in [0.15, 0.2) is 0 Å². The molecule has 0 saturated carbocycles. The Kier molecular flexibility index (Phi) is 13.6. The molecule has 0 aliphatic heterocycles. The molecule has 0 spiro atoms. The molecule has 2 radical (unpaired) electrons. The second kappa shape index (κ2) is 12.8. The quantitative estimate of drug-likeness (QED) is 0.404. The van der Waals surface area contributed by atoms with E-state index in [1.807, 2.05) is 0 Å². The van der Waals surface area contributed by atoms with E-state index in [0.717, 1.165) is 0 Å². The van der Waals surface area contributed by atoms with Gasteiger partial charge in [0.25, 0.3) is 0 Å². The molecule has 0 bridgehead atoms. The van der Waals surface area contributed by atoms with Crippen LogP contribution in [0.5, 0.6) is 0 Å². The molecule has 0 atom stereocenters. The normalized spacial score (nSPS) is 10.6. The van der Waals surface area contributed by atoms with Crippen LogP contribution in [0.3, 0.4) is 0 Å². The van der Waals surface area contributed by atoms with Crippen LogP contribution in [0, 0.1) is 0 Å². The van der Waals surface area contributed by atoms with Crippen molar-refractivity contribution in [3.8, 4) is 0 Å². The van der Waals surface area contributed by atoms with Crippen LogP contribution in [-0.2, 0) is 0 Å². The Morgan fingerprint density at radius 1 is 0.615 bits per heavy atom. The summed E-state index contributed by atoms with van der Waals surface area (Å²) in [7, 11) is 0. The minimum atomic E-state index is 0.104. The van der Waals surface area contributed by atoms with Crippen LogP contribution in [0.4, 0.5) is 0 Å². The van der Waals surface area contributed by atoms with E-state index in [4.69, 9.17) is 0 Å². The first-order chi connectivity index (χ1) is 6.41. The fourth-order valence-electron chi connectivity index (χ4n) is 1.48. The summed E-state index contributed by atoms with van der Waals surface area (Å²) in [5.41, 5.74) is 0. The van der Waals surface area contributed by atoms with Gasteiger partial charge in [-0.15, -0.1) is 0 Å². The zero-order chi connectivity index (χ0) is 9.78. The molecule has 0 amide bonds. The van der Waals surface area contributed by atoms with Gasteiger partial charge in [-0.25, -0.2) is 0 Å². The van der Waals surface area contributed by atoms with Crippen LogP contribution in [-0.4, -0.2) is 21.1 Å². The van der Waals surface area contributed by atoms with Gasteiger partial charge in [0.05, 0.1) is 0 Å². The summed E-state index contributed by atoms with van der Waals surface area (Å²) in [5, 5.41) is 0. The van der Waals surface area contributed by atoms with E-state index in [9.17, 15) is 0 Å². The molecule has 0 aliphatic rings.